The van der Waals surface area contributed by atoms with Crippen molar-refractivity contribution >= 4 is 50.6 Å². The normalized spacial score (nSPS) is 11.2. The zero-order valence-electron chi connectivity index (χ0n) is 15.1. The van der Waals surface area contributed by atoms with Crippen LogP contribution < -0.4 is 11.1 Å². The van der Waals surface area contributed by atoms with Crippen LogP contribution in [0.5, 0.6) is 0 Å². The molecule has 0 amide bonds. The number of nitrogens with zero attached hydrogens (tertiary/aromatic N) is 1. The van der Waals surface area contributed by atoms with Crippen molar-refractivity contribution in [1.82, 2.24) is 4.98 Å². The molecule has 6 heteroatoms. The van der Waals surface area contributed by atoms with Crippen LogP contribution in [0.4, 0.5) is 21.6 Å². The summed E-state index contributed by atoms with van der Waals surface area (Å²) in [5.74, 6) is -0.263. The molecule has 142 valence electrons. The summed E-state index contributed by atoms with van der Waals surface area (Å²) in [4.78, 5) is 4.52. The topological polar surface area (TPSA) is 64.1 Å². The molecule has 5 rings (SSSR count). The Hall–Kier alpha value is -3.57. The number of pyridine rings is 1. The van der Waals surface area contributed by atoms with Crippen molar-refractivity contribution in [3.8, 4) is 11.3 Å². The summed E-state index contributed by atoms with van der Waals surface area (Å²) in [5, 5.41) is 6.24. The van der Waals surface area contributed by atoms with E-state index in [1.807, 2.05) is 24.3 Å². The van der Waals surface area contributed by atoms with Gasteiger partial charge in [-0.2, -0.15) is 0 Å². The number of fused-ring (bicyclic) bond motifs is 2. The molecule has 0 saturated heterocycles. The predicted molar refractivity (Wildman–Crippen MR) is 116 cm³/mol. The highest BCUT2D eigenvalue weighted by Gasteiger charge is 2.17. The summed E-state index contributed by atoms with van der Waals surface area (Å²) in [6.45, 7) is 0. The molecule has 3 aromatic carbocycles. The van der Waals surface area contributed by atoms with Gasteiger partial charge in [-0.25, -0.2) is 4.39 Å². The van der Waals surface area contributed by atoms with Gasteiger partial charge >= 0.3 is 0 Å². The lowest BCUT2D eigenvalue weighted by molar-refractivity contribution is 0.628. The molecule has 0 unspecified atom stereocenters. The molecule has 2 aromatic heterocycles. The van der Waals surface area contributed by atoms with E-state index in [1.165, 1.54) is 12.1 Å². The molecule has 4 nitrogen and oxygen atoms in total. The first-order valence-corrected chi connectivity index (χ1v) is 9.36. The molecule has 0 spiro atoms. The second-order valence-electron chi connectivity index (χ2n) is 6.69. The van der Waals surface area contributed by atoms with Crippen molar-refractivity contribution < 1.29 is 8.81 Å². The average molecular weight is 404 g/mol. The summed E-state index contributed by atoms with van der Waals surface area (Å²) in [5.41, 5.74) is 9.55. The zero-order chi connectivity index (χ0) is 20.0. The molecule has 5 aromatic rings. The fourth-order valence-electron chi connectivity index (χ4n) is 3.43. The third-order valence-electron chi connectivity index (χ3n) is 4.84. The van der Waals surface area contributed by atoms with Gasteiger partial charge in [-0.3, -0.25) is 4.98 Å². The molecule has 0 saturated carbocycles. The van der Waals surface area contributed by atoms with Crippen LogP contribution in [0, 0.1) is 5.82 Å². The van der Waals surface area contributed by atoms with Gasteiger partial charge in [0.1, 0.15) is 17.2 Å². The molecule has 0 aliphatic carbocycles. The van der Waals surface area contributed by atoms with E-state index in [4.69, 9.17) is 21.8 Å². The molecule has 0 bridgehead atoms. The van der Waals surface area contributed by atoms with Crippen molar-refractivity contribution in [2.75, 3.05) is 11.1 Å². The fraction of sp³-hybridized carbons (Fsp3) is 0. The van der Waals surface area contributed by atoms with Gasteiger partial charge in [0.05, 0.1) is 10.4 Å². The lowest BCUT2D eigenvalue weighted by Crippen LogP contribution is -1.94. The Balaban J connectivity index is 1.63. The minimum absolute atomic E-state index is 0.0277. The van der Waals surface area contributed by atoms with Crippen LogP contribution in [0.3, 0.4) is 0 Å². The van der Waals surface area contributed by atoms with Gasteiger partial charge in [-0.15, -0.1) is 0 Å². The Kier molecular flexibility index (Phi) is 4.11. The highest BCUT2D eigenvalue weighted by molar-refractivity contribution is 6.31. The van der Waals surface area contributed by atoms with Gasteiger partial charge in [0.2, 0.25) is 5.88 Å². The highest BCUT2D eigenvalue weighted by Crippen LogP contribution is 2.39. The molecule has 2 heterocycles. The Labute approximate surface area is 170 Å². The molecule has 0 atom stereocenters. The maximum absolute atomic E-state index is 13.5. The number of anilines is 3. The van der Waals surface area contributed by atoms with Crippen molar-refractivity contribution in [1.29, 1.82) is 0 Å². The number of rotatable bonds is 3. The molecule has 0 radical (unpaired) electrons. The van der Waals surface area contributed by atoms with Crippen LogP contribution >= 0.6 is 11.6 Å². The predicted octanol–water partition coefficient (Wildman–Crippen LogP) is 6.77. The Morgan fingerprint density at radius 3 is 2.62 bits per heavy atom. The first-order chi connectivity index (χ1) is 14.1. The van der Waals surface area contributed by atoms with Gasteiger partial charge in [0.25, 0.3) is 0 Å². The number of furan rings is 1. The van der Waals surface area contributed by atoms with E-state index in [2.05, 4.69) is 34.6 Å². The monoisotopic (exact) mass is 403 g/mol. The standard InChI is InChI=1S/C23H15ClFN3O/c24-18-12-16(7-8-19(18)25)28-21-17-9-10-27-20(22(17)29-23(21)26)15-6-5-13-3-1-2-4-14(13)11-15/h1-12,28H,26H2. The molecule has 0 fully saturated rings. The summed E-state index contributed by atoms with van der Waals surface area (Å²) in [6.07, 6.45) is 1.71. The molecular weight excluding hydrogens is 389 g/mol. The van der Waals surface area contributed by atoms with Gasteiger partial charge in [0.15, 0.2) is 5.58 Å². The molecule has 0 aliphatic rings. The van der Waals surface area contributed by atoms with Gasteiger partial charge in [-0.05, 0) is 41.1 Å². The SMILES string of the molecule is Nc1oc2c(-c3ccc4ccccc4c3)nccc2c1Nc1ccc(F)c(Cl)c1. The maximum Gasteiger partial charge on any atom is 0.215 e. The van der Waals surface area contributed by atoms with E-state index in [9.17, 15) is 4.39 Å². The lowest BCUT2D eigenvalue weighted by atomic mass is 10.0. The van der Waals surface area contributed by atoms with Crippen molar-refractivity contribution in [2.24, 2.45) is 0 Å². The Bertz CT molecular complexity index is 1380. The number of nitrogens with one attached hydrogen (secondary N) is 1. The largest absolute Gasteiger partial charge is 0.436 e. The second-order valence-corrected chi connectivity index (χ2v) is 7.10. The first-order valence-electron chi connectivity index (χ1n) is 8.98. The van der Waals surface area contributed by atoms with Gasteiger partial charge < -0.3 is 15.5 Å². The zero-order valence-corrected chi connectivity index (χ0v) is 15.9. The van der Waals surface area contributed by atoms with E-state index in [-0.39, 0.29) is 10.9 Å². The quantitative estimate of drug-likeness (QED) is 0.349. The number of hydrogen-bond acceptors (Lipinski definition) is 4. The van der Waals surface area contributed by atoms with E-state index < -0.39 is 5.82 Å². The van der Waals surface area contributed by atoms with Crippen LogP contribution in [0.2, 0.25) is 5.02 Å². The number of halogens is 2. The van der Waals surface area contributed by atoms with Crippen molar-refractivity contribution in [2.45, 2.75) is 0 Å². The third-order valence-corrected chi connectivity index (χ3v) is 5.13. The lowest BCUT2D eigenvalue weighted by Gasteiger charge is -2.07. The summed E-state index contributed by atoms with van der Waals surface area (Å²) >= 11 is 5.89. The minimum Gasteiger partial charge on any atom is -0.436 e. The van der Waals surface area contributed by atoms with E-state index in [0.29, 0.717) is 22.7 Å². The fourth-order valence-corrected chi connectivity index (χ4v) is 3.61. The maximum atomic E-state index is 13.5. The van der Waals surface area contributed by atoms with Gasteiger partial charge in [-0.1, -0.05) is 48.0 Å². The number of benzene rings is 3. The Morgan fingerprint density at radius 1 is 0.966 bits per heavy atom. The summed E-state index contributed by atoms with van der Waals surface area (Å²) in [6, 6.07) is 20.5. The molecule has 3 N–H and O–H groups in total. The van der Waals surface area contributed by atoms with Crippen LogP contribution in [-0.2, 0) is 0 Å². The molecular formula is C23H15ClFN3O. The summed E-state index contributed by atoms with van der Waals surface area (Å²) in [7, 11) is 0. The second kappa shape index (κ2) is 6.79. The van der Waals surface area contributed by atoms with Crippen molar-refractivity contribution in [3.05, 3.63) is 83.8 Å². The number of nitrogens with two attached hydrogens (primary N) is 1. The number of hydrogen-bond donors (Lipinski definition) is 2. The van der Waals surface area contributed by atoms with E-state index >= 15 is 0 Å². The molecule has 0 aliphatic heterocycles. The highest BCUT2D eigenvalue weighted by atomic mass is 35.5. The number of nitrogen functional groups attached to an aromatic ring is 1. The smallest absolute Gasteiger partial charge is 0.215 e. The van der Waals surface area contributed by atoms with E-state index in [0.717, 1.165) is 21.7 Å². The Morgan fingerprint density at radius 2 is 1.79 bits per heavy atom. The average Bonchev–Trinajstić information content (AvgIpc) is 3.05. The van der Waals surface area contributed by atoms with Gasteiger partial charge in [0, 0.05) is 17.4 Å². The van der Waals surface area contributed by atoms with Crippen LogP contribution in [-0.4, -0.2) is 4.98 Å². The minimum atomic E-state index is -0.481. The van der Waals surface area contributed by atoms with Crippen LogP contribution in [0.15, 0.2) is 77.3 Å². The van der Waals surface area contributed by atoms with E-state index in [1.54, 1.807) is 12.3 Å². The molecule has 29 heavy (non-hydrogen) atoms. The summed E-state index contributed by atoms with van der Waals surface area (Å²) < 4.78 is 19.3. The third kappa shape index (κ3) is 3.05. The number of aromatic nitrogens is 1. The van der Waals surface area contributed by atoms with Crippen LogP contribution in [0.25, 0.3) is 33.0 Å². The van der Waals surface area contributed by atoms with Crippen LogP contribution in [0.1, 0.15) is 0 Å². The first kappa shape index (κ1) is 17.5. The van der Waals surface area contributed by atoms with Crippen molar-refractivity contribution in [3.63, 3.8) is 0 Å².